The topological polar surface area (TPSA) is 44.1 Å². The number of hydrogen-bond donors (Lipinski definition) is 0. The molecule has 2 rings (SSSR count). The first kappa shape index (κ1) is 11.7. The fraction of sp³-hybridized carbons (Fsp3) is 0.167. The second-order valence-electron chi connectivity index (χ2n) is 3.33. The Bertz CT molecular complexity index is 537. The second kappa shape index (κ2) is 5.05. The van der Waals surface area contributed by atoms with Crippen molar-refractivity contribution in [3.63, 3.8) is 0 Å². The maximum atomic E-state index is 11.4. The summed E-state index contributed by atoms with van der Waals surface area (Å²) in [6, 6.07) is 7.26. The van der Waals surface area contributed by atoms with Gasteiger partial charge >= 0.3 is 5.97 Å². The van der Waals surface area contributed by atoms with Gasteiger partial charge < -0.3 is 4.74 Å². The molecule has 0 atom stereocenters. The molecule has 2 aromatic rings. The van der Waals surface area contributed by atoms with Crippen LogP contribution < -0.4 is 0 Å². The predicted octanol–water partition coefficient (Wildman–Crippen LogP) is 2.38. The van der Waals surface area contributed by atoms with Crippen LogP contribution in [0.25, 0.3) is 5.69 Å². The summed E-state index contributed by atoms with van der Waals surface area (Å²) in [5.41, 5.74) is 1.43. The number of benzene rings is 1. The van der Waals surface area contributed by atoms with Gasteiger partial charge in [-0.15, -0.1) is 0 Å². The van der Waals surface area contributed by atoms with E-state index < -0.39 is 0 Å². The number of ether oxygens (including phenoxy) is 1. The zero-order valence-corrected chi connectivity index (χ0v) is 10.4. The first-order valence-electron chi connectivity index (χ1n) is 5.02. The molecule has 1 heterocycles. The third kappa shape index (κ3) is 2.34. The molecule has 1 aromatic carbocycles. The van der Waals surface area contributed by atoms with Crippen LogP contribution in [0.5, 0.6) is 0 Å². The molecule has 17 heavy (non-hydrogen) atoms. The van der Waals surface area contributed by atoms with Crippen LogP contribution in [-0.2, 0) is 4.74 Å². The lowest BCUT2D eigenvalue weighted by Gasteiger charge is -2.07. The van der Waals surface area contributed by atoms with Crippen LogP contribution in [0.1, 0.15) is 10.4 Å². The Hall–Kier alpha value is -1.75. The molecule has 0 aliphatic carbocycles. The van der Waals surface area contributed by atoms with Gasteiger partial charge in [-0.3, -0.25) is 4.57 Å². The molecule has 0 aliphatic rings. The minimum atomic E-state index is -0.335. The third-order valence-corrected chi connectivity index (χ3v) is 3.00. The van der Waals surface area contributed by atoms with Gasteiger partial charge in [-0.05, 0) is 24.5 Å². The van der Waals surface area contributed by atoms with Crippen molar-refractivity contribution in [1.82, 2.24) is 9.55 Å². The molecule has 0 saturated heterocycles. The van der Waals surface area contributed by atoms with Crippen LogP contribution in [0.15, 0.2) is 41.8 Å². The molecule has 0 radical (unpaired) electrons. The van der Waals surface area contributed by atoms with E-state index in [0.29, 0.717) is 5.56 Å². The van der Waals surface area contributed by atoms with Gasteiger partial charge in [-0.2, -0.15) is 0 Å². The maximum absolute atomic E-state index is 11.4. The number of carbonyl (C=O) groups excluding carboxylic acids is 1. The van der Waals surface area contributed by atoms with Crippen molar-refractivity contribution >= 4 is 17.7 Å². The molecule has 5 heteroatoms. The van der Waals surface area contributed by atoms with Gasteiger partial charge in [0.15, 0.2) is 5.16 Å². The largest absolute Gasteiger partial charge is 0.465 e. The number of hydrogen-bond acceptors (Lipinski definition) is 4. The molecule has 88 valence electrons. The SMILES string of the molecule is COC(=O)c1cccc(-n2ccnc2SC)c1. The number of rotatable bonds is 3. The standard InChI is InChI=1S/C12H12N2O2S/c1-16-11(15)9-4-3-5-10(8-9)14-7-6-13-12(14)17-2/h3-8H,1-2H3. The Morgan fingerprint density at radius 2 is 2.29 bits per heavy atom. The summed E-state index contributed by atoms with van der Waals surface area (Å²) in [4.78, 5) is 15.7. The Labute approximate surface area is 104 Å². The lowest BCUT2D eigenvalue weighted by atomic mass is 10.2. The van der Waals surface area contributed by atoms with E-state index in [4.69, 9.17) is 4.74 Å². The van der Waals surface area contributed by atoms with Crippen molar-refractivity contribution in [3.8, 4) is 5.69 Å². The van der Waals surface area contributed by atoms with E-state index in [1.807, 2.05) is 29.2 Å². The van der Waals surface area contributed by atoms with E-state index in [1.165, 1.54) is 7.11 Å². The van der Waals surface area contributed by atoms with E-state index >= 15 is 0 Å². The Balaban J connectivity index is 2.43. The number of esters is 1. The third-order valence-electron chi connectivity index (χ3n) is 2.33. The summed E-state index contributed by atoms with van der Waals surface area (Å²) < 4.78 is 6.62. The van der Waals surface area contributed by atoms with Crippen LogP contribution >= 0.6 is 11.8 Å². The molecule has 0 aliphatic heterocycles. The monoisotopic (exact) mass is 248 g/mol. The zero-order valence-electron chi connectivity index (χ0n) is 9.58. The fourth-order valence-corrected chi connectivity index (χ4v) is 2.07. The minimum Gasteiger partial charge on any atom is -0.465 e. The highest BCUT2D eigenvalue weighted by atomic mass is 32.2. The highest BCUT2D eigenvalue weighted by molar-refractivity contribution is 7.98. The number of nitrogens with zero attached hydrogens (tertiary/aromatic N) is 2. The van der Waals surface area contributed by atoms with E-state index in [0.717, 1.165) is 10.8 Å². The summed E-state index contributed by atoms with van der Waals surface area (Å²) >= 11 is 1.55. The highest BCUT2D eigenvalue weighted by Crippen LogP contribution is 2.19. The molecule has 0 spiro atoms. The maximum Gasteiger partial charge on any atom is 0.337 e. The lowest BCUT2D eigenvalue weighted by Crippen LogP contribution is -2.03. The summed E-state index contributed by atoms with van der Waals surface area (Å²) in [7, 11) is 1.37. The van der Waals surface area contributed by atoms with Crippen molar-refractivity contribution in [3.05, 3.63) is 42.2 Å². The molecular formula is C12H12N2O2S. The summed E-state index contributed by atoms with van der Waals surface area (Å²) in [5.74, 6) is -0.335. The van der Waals surface area contributed by atoms with Gasteiger partial charge in [-0.25, -0.2) is 9.78 Å². The number of carbonyl (C=O) groups is 1. The van der Waals surface area contributed by atoms with Gasteiger partial charge in [0, 0.05) is 18.1 Å². The van der Waals surface area contributed by atoms with Crippen molar-refractivity contribution < 1.29 is 9.53 Å². The number of imidazole rings is 1. The normalized spacial score (nSPS) is 10.2. The summed E-state index contributed by atoms with van der Waals surface area (Å²) in [6.07, 6.45) is 5.56. The van der Waals surface area contributed by atoms with Gasteiger partial charge in [0.25, 0.3) is 0 Å². The molecular weight excluding hydrogens is 236 g/mol. The first-order chi connectivity index (χ1) is 8.26. The molecule has 1 aromatic heterocycles. The van der Waals surface area contributed by atoms with Gasteiger partial charge in [-0.1, -0.05) is 17.8 Å². The molecule has 0 N–H and O–H groups in total. The number of aromatic nitrogens is 2. The Morgan fingerprint density at radius 1 is 1.47 bits per heavy atom. The van der Waals surface area contributed by atoms with Crippen LogP contribution in [0.3, 0.4) is 0 Å². The van der Waals surface area contributed by atoms with Crippen molar-refractivity contribution in [1.29, 1.82) is 0 Å². The smallest absolute Gasteiger partial charge is 0.337 e. The van der Waals surface area contributed by atoms with E-state index in [-0.39, 0.29) is 5.97 Å². The van der Waals surface area contributed by atoms with Crippen LogP contribution in [0, 0.1) is 0 Å². The van der Waals surface area contributed by atoms with E-state index in [2.05, 4.69) is 4.98 Å². The molecule has 0 saturated carbocycles. The molecule has 4 nitrogen and oxygen atoms in total. The average Bonchev–Trinajstić information content (AvgIpc) is 2.86. The second-order valence-corrected chi connectivity index (χ2v) is 4.10. The van der Waals surface area contributed by atoms with Crippen LogP contribution in [-0.4, -0.2) is 28.9 Å². The fourth-order valence-electron chi connectivity index (χ4n) is 1.54. The Morgan fingerprint density at radius 3 is 3.00 bits per heavy atom. The lowest BCUT2D eigenvalue weighted by molar-refractivity contribution is 0.0600. The summed E-state index contributed by atoms with van der Waals surface area (Å²) in [6.45, 7) is 0. The quantitative estimate of drug-likeness (QED) is 0.618. The summed E-state index contributed by atoms with van der Waals surface area (Å²) in [5, 5.41) is 0.881. The first-order valence-corrected chi connectivity index (χ1v) is 6.25. The highest BCUT2D eigenvalue weighted by Gasteiger charge is 2.08. The molecule has 0 unspecified atom stereocenters. The molecule has 0 fully saturated rings. The Kier molecular flexibility index (Phi) is 3.49. The average molecular weight is 248 g/mol. The zero-order chi connectivity index (χ0) is 12.3. The minimum absolute atomic E-state index is 0.335. The van der Waals surface area contributed by atoms with Crippen LogP contribution in [0.4, 0.5) is 0 Å². The van der Waals surface area contributed by atoms with Crippen LogP contribution in [0.2, 0.25) is 0 Å². The molecule has 0 amide bonds. The van der Waals surface area contributed by atoms with E-state index in [9.17, 15) is 4.79 Å². The molecule has 0 bridgehead atoms. The van der Waals surface area contributed by atoms with Crippen molar-refractivity contribution in [2.75, 3.05) is 13.4 Å². The van der Waals surface area contributed by atoms with Crippen molar-refractivity contribution in [2.45, 2.75) is 5.16 Å². The number of thioether (sulfide) groups is 1. The van der Waals surface area contributed by atoms with Crippen molar-refractivity contribution in [2.24, 2.45) is 0 Å². The van der Waals surface area contributed by atoms with Gasteiger partial charge in [0.1, 0.15) is 0 Å². The number of methoxy groups -OCH3 is 1. The van der Waals surface area contributed by atoms with Gasteiger partial charge in [0.2, 0.25) is 0 Å². The van der Waals surface area contributed by atoms with Gasteiger partial charge in [0.05, 0.1) is 12.7 Å². The van der Waals surface area contributed by atoms with E-state index in [1.54, 1.807) is 30.1 Å². The predicted molar refractivity (Wildman–Crippen MR) is 66.7 cm³/mol.